The van der Waals surface area contributed by atoms with Gasteiger partial charge in [-0.3, -0.25) is 9.13 Å². The average molecular weight is 817 g/mol. The van der Waals surface area contributed by atoms with E-state index in [9.17, 15) is 0 Å². The Bertz CT molecular complexity index is 3760. The normalized spacial score (nSPS) is 11.8. The van der Waals surface area contributed by atoms with Gasteiger partial charge >= 0.3 is 0 Å². The molecule has 4 aromatic heterocycles. The topological polar surface area (TPSA) is 61.4 Å². The maximum Gasteiger partial charge on any atom is 0.235 e. The van der Waals surface area contributed by atoms with E-state index in [0.717, 1.165) is 89.0 Å². The zero-order valence-corrected chi connectivity index (χ0v) is 34.5. The Morgan fingerprint density at radius 2 is 0.719 bits per heavy atom. The van der Waals surface area contributed by atoms with Crippen LogP contribution in [0.3, 0.4) is 0 Å². The van der Waals surface area contributed by atoms with E-state index in [1.54, 1.807) is 0 Å². The predicted octanol–water partition coefficient (Wildman–Crippen LogP) is 14.4. The minimum Gasteiger partial charge on any atom is -0.278 e. The van der Waals surface area contributed by atoms with Gasteiger partial charge in [0.05, 0.1) is 44.8 Å². The van der Waals surface area contributed by atoms with Gasteiger partial charge in [0.2, 0.25) is 11.9 Å². The third-order valence-electron chi connectivity index (χ3n) is 12.6. The maximum absolute atomic E-state index is 5.29. The van der Waals surface area contributed by atoms with E-state index in [-0.39, 0.29) is 0 Å². The molecule has 0 aliphatic rings. The van der Waals surface area contributed by atoms with Crippen LogP contribution in [0.1, 0.15) is 0 Å². The van der Waals surface area contributed by atoms with E-state index in [1.165, 1.54) is 21.5 Å². The summed E-state index contributed by atoms with van der Waals surface area (Å²) in [5.41, 5.74) is 14.2. The van der Waals surface area contributed by atoms with Crippen molar-refractivity contribution >= 4 is 54.4 Å². The molecule has 0 bridgehead atoms. The number of benzene rings is 9. The highest BCUT2D eigenvalue weighted by Gasteiger charge is 2.23. The van der Waals surface area contributed by atoms with Gasteiger partial charge < -0.3 is 0 Å². The third kappa shape index (κ3) is 5.73. The van der Waals surface area contributed by atoms with E-state index >= 15 is 0 Å². The van der Waals surface area contributed by atoms with Crippen LogP contribution in [0.5, 0.6) is 0 Å². The maximum atomic E-state index is 5.29. The van der Waals surface area contributed by atoms with Gasteiger partial charge in [-0.15, -0.1) is 0 Å². The molecule has 0 unspecified atom stereocenters. The highest BCUT2D eigenvalue weighted by molar-refractivity contribution is 6.26. The second-order valence-corrected chi connectivity index (χ2v) is 16.3. The van der Waals surface area contributed by atoms with Crippen LogP contribution in [0.4, 0.5) is 0 Å². The number of hydrogen-bond donors (Lipinski definition) is 0. The monoisotopic (exact) mass is 816 g/mol. The van der Waals surface area contributed by atoms with Crippen molar-refractivity contribution in [3.05, 3.63) is 218 Å². The first-order valence-corrected chi connectivity index (χ1v) is 21.6. The van der Waals surface area contributed by atoms with E-state index in [0.29, 0.717) is 11.9 Å². The van der Waals surface area contributed by atoms with Gasteiger partial charge in [-0.05, 0) is 64.4 Å². The van der Waals surface area contributed by atoms with Crippen LogP contribution in [0, 0.1) is 0 Å². The fraction of sp³-hybridized carbons (Fsp3) is 0. The van der Waals surface area contributed by atoms with Crippen molar-refractivity contribution in [3.63, 3.8) is 0 Å². The summed E-state index contributed by atoms with van der Waals surface area (Å²) in [6.07, 6.45) is 0. The van der Waals surface area contributed by atoms with Gasteiger partial charge in [0.15, 0.2) is 0 Å². The SMILES string of the molecule is c1ccc(-c2cc(-c3ccccc3)nc(-n3c4ccccc4c4cc(-c5ccc6c7c5ccc5cccc(c57)n6-c5nc(-c6ccccc6)cc(-c6ccccc6)n5)ccc43)n2)cc1. The van der Waals surface area contributed by atoms with Crippen LogP contribution in [0.2, 0.25) is 0 Å². The fourth-order valence-corrected chi connectivity index (χ4v) is 9.61. The fourth-order valence-electron chi connectivity index (χ4n) is 9.61. The van der Waals surface area contributed by atoms with Crippen molar-refractivity contribution in [2.45, 2.75) is 0 Å². The lowest BCUT2D eigenvalue weighted by atomic mass is 9.94. The molecule has 0 aliphatic carbocycles. The molecule has 13 aromatic rings. The van der Waals surface area contributed by atoms with Gasteiger partial charge in [0.1, 0.15) is 0 Å². The molecule has 0 amide bonds. The lowest BCUT2D eigenvalue weighted by Gasteiger charge is -2.13. The first kappa shape index (κ1) is 36.0. The highest BCUT2D eigenvalue weighted by atomic mass is 15.2. The zero-order valence-electron chi connectivity index (χ0n) is 34.5. The number of para-hydroxylation sites is 1. The Morgan fingerprint density at radius 3 is 1.28 bits per heavy atom. The molecule has 6 nitrogen and oxygen atoms in total. The average Bonchev–Trinajstić information content (AvgIpc) is 3.90. The molecular formula is C58H36N6. The summed E-state index contributed by atoms with van der Waals surface area (Å²) in [4.78, 5) is 21.1. The molecule has 0 spiro atoms. The Labute approximate surface area is 368 Å². The lowest BCUT2D eigenvalue weighted by Crippen LogP contribution is -2.04. The molecule has 0 saturated carbocycles. The second kappa shape index (κ2) is 14.4. The summed E-state index contributed by atoms with van der Waals surface area (Å²) < 4.78 is 4.46. The van der Waals surface area contributed by atoms with Crippen molar-refractivity contribution < 1.29 is 0 Å². The molecule has 298 valence electrons. The molecule has 64 heavy (non-hydrogen) atoms. The number of nitrogens with zero attached hydrogens (tertiary/aromatic N) is 6. The minimum absolute atomic E-state index is 0.632. The summed E-state index contributed by atoms with van der Waals surface area (Å²) in [7, 11) is 0. The van der Waals surface area contributed by atoms with Crippen molar-refractivity contribution in [1.29, 1.82) is 0 Å². The molecule has 4 heterocycles. The van der Waals surface area contributed by atoms with E-state index in [2.05, 4.69) is 203 Å². The molecule has 6 heteroatoms. The van der Waals surface area contributed by atoms with Crippen LogP contribution < -0.4 is 0 Å². The number of rotatable bonds is 7. The Balaban J connectivity index is 1.01. The lowest BCUT2D eigenvalue weighted by molar-refractivity contribution is 0.995. The standard InChI is InChI=1S/C58H36N6/c1-5-16-37(17-6-1)47-35-48(38-18-7-2-8-19-38)60-57(59-47)63-51-26-14-13-25-44(51)46-34-42(29-32-52(46)63)43-31-33-54-56-45(43)30-28-41-24-15-27-53(55(41)56)64(54)58-61-49(39-20-9-3-10-21-39)36-50(62-58)40-22-11-4-12-23-40/h1-36H. The summed E-state index contributed by atoms with van der Waals surface area (Å²) in [6, 6.07) is 76.6. The van der Waals surface area contributed by atoms with Crippen LogP contribution in [0.25, 0.3) is 122 Å². The molecule has 0 aliphatic heterocycles. The molecule has 9 aromatic carbocycles. The highest BCUT2D eigenvalue weighted by Crippen LogP contribution is 2.44. The van der Waals surface area contributed by atoms with Gasteiger partial charge in [-0.25, -0.2) is 19.9 Å². The minimum atomic E-state index is 0.632. The largest absolute Gasteiger partial charge is 0.278 e. The predicted molar refractivity (Wildman–Crippen MR) is 262 cm³/mol. The van der Waals surface area contributed by atoms with Crippen LogP contribution in [-0.4, -0.2) is 29.1 Å². The summed E-state index contributed by atoms with van der Waals surface area (Å²) >= 11 is 0. The second-order valence-electron chi connectivity index (χ2n) is 16.3. The van der Waals surface area contributed by atoms with Gasteiger partial charge in [0, 0.05) is 43.8 Å². The van der Waals surface area contributed by atoms with E-state index in [4.69, 9.17) is 19.9 Å². The van der Waals surface area contributed by atoms with Crippen LogP contribution >= 0.6 is 0 Å². The first-order valence-electron chi connectivity index (χ1n) is 21.6. The van der Waals surface area contributed by atoms with Crippen LogP contribution in [-0.2, 0) is 0 Å². The van der Waals surface area contributed by atoms with Gasteiger partial charge in [-0.1, -0.05) is 176 Å². The molecule has 0 atom stereocenters. The van der Waals surface area contributed by atoms with Crippen molar-refractivity contribution in [3.8, 4) is 68.1 Å². The Morgan fingerprint density at radius 1 is 0.266 bits per heavy atom. The quantitative estimate of drug-likeness (QED) is 0.150. The molecule has 0 N–H and O–H groups in total. The smallest absolute Gasteiger partial charge is 0.235 e. The number of hydrogen-bond acceptors (Lipinski definition) is 4. The molecule has 0 saturated heterocycles. The summed E-state index contributed by atoms with van der Waals surface area (Å²) in [5, 5.41) is 7.04. The van der Waals surface area contributed by atoms with Crippen LogP contribution in [0.15, 0.2) is 218 Å². The molecule has 0 fully saturated rings. The zero-order chi connectivity index (χ0) is 42.1. The van der Waals surface area contributed by atoms with Gasteiger partial charge in [0.25, 0.3) is 0 Å². The number of fused-ring (bicyclic) bond motifs is 3. The Kier molecular flexibility index (Phi) is 8.11. The van der Waals surface area contributed by atoms with Crippen molar-refractivity contribution in [1.82, 2.24) is 29.1 Å². The molecular weight excluding hydrogens is 781 g/mol. The third-order valence-corrected chi connectivity index (χ3v) is 12.6. The van der Waals surface area contributed by atoms with Crippen molar-refractivity contribution in [2.24, 2.45) is 0 Å². The summed E-state index contributed by atoms with van der Waals surface area (Å²) in [5.74, 6) is 1.27. The van der Waals surface area contributed by atoms with E-state index in [1.807, 2.05) is 24.3 Å². The van der Waals surface area contributed by atoms with Crippen molar-refractivity contribution in [2.75, 3.05) is 0 Å². The van der Waals surface area contributed by atoms with Gasteiger partial charge in [-0.2, -0.15) is 0 Å². The summed E-state index contributed by atoms with van der Waals surface area (Å²) in [6.45, 7) is 0. The number of aromatic nitrogens is 6. The molecule has 13 rings (SSSR count). The molecule has 0 radical (unpaired) electrons. The van der Waals surface area contributed by atoms with E-state index < -0.39 is 0 Å². The Hall–Kier alpha value is -8.74. The first-order chi connectivity index (χ1) is 31.7.